The SMILES string of the molecule is O=C(CNC(=O)c1cccc(C(F)(F)F)c1)NC1CCN(C2CCC(O)(c3cccc(C(F)(F)F)c3)CC2)C1. The van der Waals surface area contributed by atoms with Gasteiger partial charge in [0.15, 0.2) is 0 Å². The quantitative estimate of drug-likeness (QED) is 0.458. The number of hydrogen-bond donors (Lipinski definition) is 3. The third-order valence-corrected chi connectivity index (χ3v) is 7.47. The maximum atomic E-state index is 13.1. The monoisotopic (exact) mass is 557 g/mol. The molecule has 1 saturated carbocycles. The van der Waals surface area contributed by atoms with Crippen molar-refractivity contribution >= 4 is 11.8 Å². The molecule has 1 saturated heterocycles. The molecule has 1 unspecified atom stereocenters. The van der Waals surface area contributed by atoms with Crippen molar-refractivity contribution in [1.29, 1.82) is 0 Å². The first-order valence-electron chi connectivity index (χ1n) is 12.6. The van der Waals surface area contributed by atoms with Gasteiger partial charge < -0.3 is 15.7 Å². The van der Waals surface area contributed by atoms with Crippen LogP contribution in [0.15, 0.2) is 48.5 Å². The topological polar surface area (TPSA) is 81.7 Å². The molecule has 212 valence electrons. The number of benzene rings is 2. The van der Waals surface area contributed by atoms with Crippen molar-refractivity contribution in [1.82, 2.24) is 15.5 Å². The molecule has 0 spiro atoms. The van der Waals surface area contributed by atoms with E-state index in [2.05, 4.69) is 15.5 Å². The van der Waals surface area contributed by atoms with Crippen LogP contribution in [0, 0.1) is 0 Å². The normalized spacial score (nSPS) is 24.4. The van der Waals surface area contributed by atoms with Crippen LogP contribution in [0.2, 0.25) is 0 Å². The summed E-state index contributed by atoms with van der Waals surface area (Å²) >= 11 is 0. The third-order valence-electron chi connectivity index (χ3n) is 7.47. The molecular formula is C27H29F6N3O3. The fraction of sp³-hybridized carbons (Fsp3) is 0.481. The van der Waals surface area contributed by atoms with Crippen molar-refractivity contribution in [2.45, 2.75) is 62.1 Å². The summed E-state index contributed by atoms with van der Waals surface area (Å²) < 4.78 is 77.9. The summed E-state index contributed by atoms with van der Waals surface area (Å²) in [6.45, 7) is 0.840. The number of halogens is 6. The zero-order valence-electron chi connectivity index (χ0n) is 20.9. The predicted molar refractivity (Wildman–Crippen MR) is 129 cm³/mol. The molecule has 2 aromatic carbocycles. The molecule has 1 aliphatic carbocycles. The number of nitrogens with one attached hydrogen (secondary N) is 2. The molecule has 1 heterocycles. The molecule has 2 aromatic rings. The maximum absolute atomic E-state index is 13.1. The van der Waals surface area contributed by atoms with Crippen LogP contribution in [0.3, 0.4) is 0 Å². The Morgan fingerprint density at radius 1 is 0.923 bits per heavy atom. The van der Waals surface area contributed by atoms with Crippen LogP contribution in [-0.2, 0) is 22.7 Å². The summed E-state index contributed by atoms with van der Waals surface area (Å²) in [5.41, 5.74) is -3.02. The molecule has 2 amide bonds. The molecule has 12 heteroatoms. The van der Waals surface area contributed by atoms with Gasteiger partial charge in [0.2, 0.25) is 5.91 Å². The number of amides is 2. The summed E-state index contributed by atoms with van der Waals surface area (Å²) in [5.74, 6) is -1.26. The van der Waals surface area contributed by atoms with E-state index in [1.54, 1.807) is 0 Å². The van der Waals surface area contributed by atoms with Gasteiger partial charge in [-0.15, -0.1) is 0 Å². The maximum Gasteiger partial charge on any atom is 0.416 e. The smallest absolute Gasteiger partial charge is 0.385 e. The van der Waals surface area contributed by atoms with Gasteiger partial charge in [-0.05, 0) is 68.0 Å². The van der Waals surface area contributed by atoms with Crippen LogP contribution in [0.25, 0.3) is 0 Å². The van der Waals surface area contributed by atoms with Crippen molar-refractivity contribution in [2.24, 2.45) is 0 Å². The van der Waals surface area contributed by atoms with Gasteiger partial charge >= 0.3 is 12.4 Å². The van der Waals surface area contributed by atoms with Crippen molar-refractivity contribution < 1.29 is 41.0 Å². The average Bonchev–Trinajstić information content (AvgIpc) is 3.35. The lowest BCUT2D eigenvalue weighted by molar-refractivity contribution is -0.138. The highest BCUT2D eigenvalue weighted by atomic mass is 19.4. The molecule has 0 bridgehead atoms. The van der Waals surface area contributed by atoms with E-state index in [9.17, 15) is 41.0 Å². The molecule has 2 fully saturated rings. The lowest BCUT2D eigenvalue weighted by atomic mass is 9.77. The molecule has 1 aliphatic heterocycles. The number of rotatable bonds is 6. The van der Waals surface area contributed by atoms with Crippen LogP contribution in [0.4, 0.5) is 26.3 Å². The molecule has 3 N–H and O–H groups in total. The van der Waals surface area contributed by atoms with E-state index in [4.69, 9.17) is 0 Å². The molecule has 0 aromatic heterocycles. The summed E-state index contributed by atoms with van der Waals surface area (Å²) in [5, 5.41) is 16.2. The Morgan fingerprint density at radius 2 is 1.54 bits per heavy atom. The second-order valence-corrected chi connectivity index (χ2v) is 10.2. The fourth-order valence-corrected chi connectivity index (χ4v) is 5.33. The van der Waals surface area contributed by atoms with Gasteiger partial charge in [0.25, 0.3) is 5.91 Å². The van der Waals surface area contributed by atoms with E-state index in [0.29, 0.717) is 45.2 Å². The standard InChI is InChI=1S/C27H29F6N3O3/c28-26(29,30)19-5-1-3-17(13-19)24(38)34-15-23(37)35-21-9-12-36(16-21)22-7-10-25(39,11-8-22)18-4-2-6-20(14-18)27(31,32)33/h1-6,13-14,21-22,39H,7-12,15-16H2,(H,34,38)(H,35,37). The lowest BCUT2D eigenvalue weighted by Gasteiger charge is -2.40. The minimum Gasteiger partial charge on any atom is -0.385 e. The Bertz CT molecular complexity index is 1190. The Morgan fingerprint density at radius 3 is 2.18 bits per heavy atom. The highest BCUT2D eigenvalue weighted by molar-refractivity contribution is 5.96. The predicted octanol–water partition coefficient (Wildman–Crippen LogP) is 4.47. The van der Waals surface area contributed by atoms with Gasteiger partial charge in [0.1, 0.15) is 0 Å². The number of carbonyl (C=O) groups is 2. The molecule has 6 nitrogen and oxygen atoms in total. The van der Waals surface area contributed by atoms with Crippen molar-refractivity contribution in [2.75, 3.05) is 19.6 Å². The fourth-order valence-electron chi connectivity index (χ4n) is 5.33. The molecule has 2 aliphatic rings. The van der Waals surface area contributed by atoms with Crippen LogP contribution >= 0.6 is 0 Å². The zero-order chi connectivity index (χ0) is 28.4. The first-order valence-corrected chi connectivity index (χ1v) is 12.6. The number of likely N-dealkylation sites (tertiary alicyclic amines) is 1. The third kappa shape index (κ3) is 7.10. The Labute approximate surface area is 221 Å². The highest BCUT2D eigenvalue weighted by Crippen LogP contribution is 2.41. The second-order valence-electron chi connectivity index (χ2n) is 10.2. The molecule has 4 rings (SSSR count). The van der Waals surface area contributed by atoms with Crippen LogP contribution < -0.4 is 10.6 Å². The first-order chi connectivity index (χ1) is 18.2. The summed E-state index contributed by atoms with van der Waals surface area (Å²) in [7, 11) is 0. The van der Waals surface area contributed by atoms with Gasteiger partial charge in [-0.3, -0.25) is 14.5 Å². The summed E-state index contributed by atoms with van der Waals surface area (Å²) in [6, 6.07) is 8.66. The van der Waals surface area contributed by atoms with E-state index in [1.165, 1.54) is 18.2 Å². The van der Waals surface area contributed by atoms with Crippen LogP contribution in [0.1, 0.15) is 59.2 Å². The largest absolute Gasteiger partial charge is 0.416 e. The summed E-state index contributed by atoms with van der Waals surface area (Å²) in [6.07, 6.45) is -6.62. The lowest BCUT2D eigenvalue weighted by Crippen LogP contribution is -2.45. The average molecular weight is 558 g/mol. The Balaban J connectivity index is 1.23. The Hall–Kier alpha value is -3.12. The van der Waals surface area contributed by atoms with Gasteiger partial charge in [-0.2, -0.15) is 26.3 Å². The summed E-state index contributed by atoms with van der Waals surface area (Å²) in [4.78, 5) is 26.7. The van der Waals surface area contributed by atoms with Gasteiger partial charge in [-0.25, -0.2) is 0 Å². The number of aliphatic hydroxyl groups is 1. The van der Waals surface area contributed by atoms with E-state index < -0.39 is 40.9 Å². The van der Waals surface area contributed by atoms with E-state index in [0.717, 1.165) is 30.3 Å². The molecule has 1 atom stereocenters. The molecule has 39 heavy (non-hydrogen) atoms. The highest BCUT2D eigenvalue weighted by Gasteiger charge is 2.40. The van der Waals surface area contributed by atoms with E-state index >= 15 is 0 Å². The number of nitrogens with zero attached hydrogens (tertiary/aromatic N) is 1. The van der Waals surface area contributed by atoms with Gasteiger partial charge in [0.05, 0.1) is 23.3 Å². The minimum atomic E-state index is -4.59. The van der Waals surface area contributed by atoms with Crippen molar-refractivity contribution in [3.05, 3.63) is 70.8 Å². The molecule has 0 radical (unpaired) electrons. The van der Waals surface area contributed by atoms with Crippen molar-refractivity contribution in [3.8, 4) is 0 Å². The van der Waals surface area contributed by atoms with Gasteiger partial charge in [0, 0.05) is 30.7 Å². The second kappa shape index (κ2) is 11.2. The number of carbonyl (C=O) groups excluding carboxylic acids is 2. The Kier molecular flexibility index (Phi) is 8.27. The van der Waals surface area contributed by atoms with Crippen molar-refractivity contribution in [3.63, 3.8) is 0 Å². The minimum absolute atomic E-state index is 0.110. The van der Waals surface area contributed by atoms with Crippen LogP contribution in [0.5, 0.6) is 0 Å². The molecular weight excluding hydrogens is 528 g/mol. The number of hydrogen-bond acceptors (Lipinski definition) is 4. The van der Waals surface area contributed by atoms with Gasteiger partial charge in [-0.1, -0.05) is 18.2 Å². The van der Waals surface area contributed by atoms with E-state index in [-0.39, 0.29) is 29.8 Å². The zero-order valence-corrected chi connectivity index (χ0v) is 20.9. The number of alkyl halides is 6. The first kappa shape index (κ1) is 28.9. The van der Waals surface area contributed by atoms with Crippen LogP contribution in [-0.4, -0.2) is 53.5 Å². The van der Waals surface area contributed by atoms with E-state index in [1.807, 2.05) is 0 Å².